The Morgan fingerprint density at radius 2 is 0.911 bits per heavy atom. The lowest BCUT2D eigenvalue weighted by Gasteiger charge is -2.27. The predicted octanol–water partition coefficient (Wildman–Crippen LogP) is 3.54. The van der Waals surface area contributed by atoms with Gasteiger partial charge in [0.05, 0.1) is 41.5 Å². The summed E-state index contributed by atoms with van der Waals surface area (Å²) in [6.07, 6.45) is 13.8. The van der Waals surface area contributed by atoms with Crippen LogP contribution in [0.25, 0.3) is 21.5 Å². The largest absolute Gasteiger partial charge is 0.748 e. The number of nitrogens with two attached hydrogens (primary N) is 2. The van der Waals surface area contributed by atoms with Gasteiger partial charge in [0, 0.05) is 105 Å². The molecule has 0 spiro atoms. The summed E-state index contributed by atoms with van der Waals surface area (Å²) in [6.45, 7) is 8.33. The molecule has 146 heavy (non-hydrogen) atoms. The average Bonchev–Trinajstić information content (AvgIpc) is 1.57. The fourth-order valence-electron chi connectivity index (χ4n) is 18.5. The maximum absolute atomic E-state index is 14.7. The number of carboxylic acids is 2. The standard InChI is InChI=1S/C104H135N21O20S/c1-103(2)82(43-15-6-5-7-16-44-83-104(3,4)91-70-38-21-19-36-68(70)47-50-81(91)125(83)57-27-28-58-146(143,144)145)124(80-49-46-67-35-18-20-37-69(67)90(80)103)56-26-10-17-45-85(127)115-75(92(134)110-53-25-23-40-74-96(138)119-72(42-30-55-112-102(107)108)94(136)114-64-87(129)117-79(62-89(132)133)100(142)123-77(98(140)121-74)60-66-33-13-9-14-34-66)48-51-84(126)109-52-24-22-39-73-95(137)118-71(41-29-54-111-101(105)106)93(135)113-63-86(128)116-78(61-88(130)131)99(141)122-76(97(139)120-73)59-65-31-11-8-12-32-65/h5-9,11-16,18-21,31-38,43-44,46-47,49-50,71-79H,10,17,22-30,39-42,45,48,51-64H2,1-4H3,(H23-,105,106,107,108,109,110,111,112,113,114,115,116,117,118,119,120,121,122,123,126,127,128,129,130,131,132,133,134,135,136,137,138,139,140,141,142,143,144,145)/t71-,72-,73-,74-,75-,76+,77+,78?,79?/m0/s1. The molecule has 23 N–H and O–H groups in total. The van der Waals surface area contributed by atoms with Gasteiger partial charge in [-0.2, -0.15) is 4.58 Å². The summed E-state index contributed by atoms with van der Waals surface area (Å²) >= 11 is 0. The molecular weight excluding hydrogens is 1900 g/mol. The van der Waals surface area contributed by atoms with E-state index >= 15 is 0 Å². The van der Waals surface area contributed by atoms with Crippen LogP contribution in [0.1, 0.15) is 178 Å². The Labute approximate surface area is 847 Å². The van der Waals surface area contributed by atoms with Crippen LogP contribution in [0.2, 0.25) is 0 Å². The first-order valence-electron chi connectivity index (χ1n) is 49.3. The van der Waals surface area contributed by atoms with Crippen molar-refractivity contribution in [2.75, 3.05) is 63.0 Å². The van der Waals surface area contributed by atoms with E-state index in [9.17, 15) is 95.1 Å². The third-order valence-electron chi connectivity index (χ3n) is 25.8. The molecule has 2 unspecified atom stereocenters. The molecule has 0 saturated carbocycles. The van der Waals surface area contributed by atoms with Crippen molar-refractivity contribution in [1.82, 2.24) is 79.8 Å². The fourth-order valence-corrected chi connectivity index (χ4v) is 19.0. The van der Waals surface area contributed by atoms with Gasteiger partial charge in [0.25, 0.3) is 0 Å². The summed E-state index contributed by atoms with van der Waals surface area (Å²) in [6, 6.07) is 28.4. The molecule has 0 radical (unpaired) electrons. The van der Waals surface area contributed by atoms with Crippen LogP contribution in [-0.2, 0) is 106 Å². The van der Waals surface area contributed by atoms with Crippen LogP contribution in [0, 0.1) is 10.8 Å². The number of hydrogen-bond acceptors (Lipinski definition) is 21. The molecule has 4 heterocycles. The van der Waals surface area contributed by atoms with Crippen molar-refractivity contribution in [3.05, 3.63) is 204 Å². The van der Waals surface area contributed by atoms with Crippen LogP contribution in [0.15, 0.2) is 182 Å². The quantitative estimate of drug-likeness (QED) is 0.00649. The molecular formula is C104H135N21O20S. The number of nitrogens with zero attached hydrogens (tertiary/aromatic N) is 2. The molecule has 4 aliphatic heterocycles. The van der Waals surface area contributed by atoms with Gasteiger partial charge in [-0.3, -0.25) is 82.7 Å². The molecule has 10 rings (SSSR count). The predicted molar refractivity (Wildman–Crippen MR) is 548 cm³/mol. The highest BCUT2D eigenvalue weighted by Crippen LogP contribution is 2.51. The van der Waals surface area contributed by atoms with Crippen molar-refractivity contribution in [3.8, 4) is 0 Å². The minimum absolute atomic E-state index is 0.0275. The summed E-state index contributed by atoms with van der Waals surface area (Å²) < 4.78 is 37.0. The topological polar surface area (TPSA) is 640 Å². The SMILES string of the molecule is CC1(C)C(/C=C/C=C/C=C/C=C2/N(CCCCCC(=O)N[C@@H](CCC(=O)NCCCC[C@@H]3NC(=O)[C@@H](Cc4ccccc4)NC(=O)C(CC(=O)O)NC(=O)CNC(=O)[C@H](CCCNC(=N)N)NC3=O)C(=O)NCCCC[C@@H]3NC(=O)[C@@H](Cc4ccccc4)NC(=O)C(CC(=O)O)NC(=O)CNC(=O)[C@H](CCCNC(=N)N)NC3=O)c3ccc4ccccc4c3C2(C)C)=[N+](CCCCS(=O)(=O)[O-])c2ccc3ccccc3c21. The molecule has 13 amide bonds. The molecule has 9 atom stereocenters. The second-order valence-corrected chi connectivity index (χ2v) is 39.2. The summed E-state index contributed by atoms with van der Waals surface area (Å²) in [5.74, 6) is -15.2. The zero-order chi connectivity index (χ0) is 106. The highest BCUT2D eigenvalue weighted by atomic mass is 32.2. The minimum atomic E-state index is -4.38. The number of aliphatic carboxylic acids is 2. The van der Waals surface area contributed by atoms with Crippen molar-refractivity contribution in [2.45, 2.75) is 234 Å². The first kappa shape index (κ1) is 113. The number of anilines is 1. The minimum Gasteiger partial charge on any atom is -0.748 e. The zero-order valence-corrected chi connectivity index (χ0v) is 83.4. The summed E-state index contributed by atoms with van der Waals surface area (Å²) in [5, 5.41) is 78.2. The van der Waals surface area contributed by atoms with E-state index in [1.165, 1.54) is 0 Å². The Morgan fingerprint density at radius 3 is 1.42 bits per heavy atom. The van der Waals surface area contributed by atoms with Gasteiger partial charge < -0.3 is 111 Å². The summed E-state index contributed by atoms with van der Waals surface area (Å²) in [7, 11) is -4.38. The molecule has 6 aromatic rings. The van der Waals surface area contributed by atoms with Gasteiger partial charge in [-0.15, -0.1) is 0 Å². The van der Waals surface area contributed by atoms with Crippen LogP contribution >= 0.6 is 0 Å². The van der Waals surface area contributed by atoms with E-state index in [-0.39, 0.29) is 141 Å². The van der Waals surface area contributed by atoms with Crippen LogP contribution < -0.4 is 96.1 Å². The fraction of sp³-hybridized carbons (Fsp3) is 0.442. The molecule has 0 aliphatic carbocycles. The van der Waals surface area contributed by atoms with Crippen molar-refractivity contribution in [3.63, 3.8) is 0 Å². The number of amides is 13. The first-order valence-corrected chi connectivity index (χ1v) is 50.9. The highest BCUT2D eigenvalue weighted by molar-refractivity contribution is 7.85. The molecule has 4 aliphatic rings. The third-order valence-corrected chi connectivity index (χ3v) is 26.6. The smallest absolute Gasteiger partial charge is 0.305 e. The molecule has 6 aromatic carbocycles. The van der Waals surface area contributed by atoms with Crippen molar-refractivity contribution < 1.29 is 99.7 Å². The molecule has 42 heteroatoms. The number of rotatable bonds is 46. The maximum Gasteiger partial charge on any atom is 0.305 e. The monoisotopic (exact) mass is 2030 g/mol. The van der Waals surface area contributed by atoms with E-state index in [1.54, 1.807) is 60.7 Å². The maximum atomic E-state index is 14.7. The number of guanidine groups is 2. The number of carbonyl (C=O) groups excluding carboxylic acids is 13. The lowest BCUT2D eigenvalue weighted by atomic mass is 9.79. The number of allylic oxidation sites excluding steroid dienone is 8. The van der Waals surface area contributed by atoms with E-state index in [2.05, 4.69) is 178 Å². The zero-order valence-electron chi connectivity index (χ0n) is 82.6. The van der Waals surface area contributed by atoms with E-state index in [4.69, 9.17) is 22.3 Å². The Balaban J connectivity index is 0.846. The second kappa shape index (κ2) is 55.0. The number of nitrogens with one attached hydrogen (secondary N) is 17. The Bertz CT molecular complexity index is 6030. The number of carbonyl (C=O) groups is 15. The molecule has 41 nitrogen and oxygen atoms in total. The number of carboxylic acid groups (broad SMARTS) is 2. The van der Waals surface area contributed by atoms with Crippen molar-refractivity contribution in [1.29, 1.82) is 10.8 Å². The summed E-state index contributed by atoms with van der Waals surface area (Å²) in [4.78, 5) is 210. The van der Waals surface area contributed by atoms with E-state index in [1.807, 2.05) is 54.6 Å². The van der Waals surface area contributed by atoms with Gasteiger partial charge in [-0.25, -0.2) is 8.42 Å². The van der Waals surface area contributed by atoms with Gasteiger partial charge in [0.1, 0.15) is 60.9 Å². The van der Waals surface area contributed by atoms with Crippen LogP contribution in [0.4, 0.5) is 11.4 Å². The molecule has 782 valence electrons. The van der Waals surface area contributed by atoms with Gasteiger partial charge in [0.15, 0.2) is 17.6 Å². The number of benzene rings is 6. The number of unbranched alkanes of at least 4 members (excludes halogenated alkanes) is 5. The summed E-state index contributed by atoms with van der Waals surface area (Å²) in [5.41, 5.74) is 17.6. The van der Waals surface area contributed by atoms with Gasteiger partial charge in [-0.1, -0.05) is 166 Å². The van der Waals surface area contributed by atoms with E-state index in [0.29, 0.717) is 49.9 Å². The number of hydrogen-bond donors (Lipinski definition) is 21. The van der Waals surface area contributed by atoms with Crippen LogP contribution in [-0.4, -0.2) is 247 Å². The highest BCUT2D eigenvalue weighted by Gasteiger charge is 2.47. The lowest BCUT2D eigenvalue weighted by Crippen LogP contribution is -2.58. The van der Waals surface area contributed by atoms with E-state index in [0.717, 1.165) is 55.5 Å². The van der Waals surface area contributed by atoms with Gasteiger partial charge in [-0.05, 0) is 160 Å². The first-order chi connectivity index (χ1) is 69.7. The van der Waals surface area contributed by atoms with Gasteiger partial charge >= 0.3 is 11.9 Å². The van der Waals surface area contributed by atoms with Crippen LogP contribution in [0.3, 0.4) is 0 Å². The van der Waals surface area contributed by atoms with Crippen molar-refractivity contribution in [2.24, 2.45) is 11.5 Å². The van der Waals surface area contributed by atoms with Gasteiger partial charge in [0.2, 0.25) is 82.5 Å². The Morgan fingerprint density at radius 1 is 0.466 bits per heavy atom. The molecule has 2 fully saturated rings. The second-order valence-electron chi connectivity index (χ2n) is 37.6. The van der Waals surface area contributed by atoms with Crippen molar-refractivity contribution >= 4 is 149 Å². The lowest BCUT2D eigenvalue weighted by molar-refractivity contribution is -0.438. The van der Waals surface area contributed by atoms with Crippen LogP contribution in [0.5, 0.6) is 0 Å². The molecule has 0 aromatic heterocycles. The Hall–Kier alpha value is -15.2. The number of fused-ring (bicyclic) bond motifs is 6. The normalized spacial score (nSPS) is 20.2. The van der Waals surface area contributed by atoms with E-state index < -0.39 is 196 Å². The molecule has 2 saturated heterocycles. The average molecular weight is 2030 g/mol. The Kier molecular flexibility index (Phi) is 42.5. The molecule has 0 bridgehead atoms. The third kappa shape index (κ3) is 34.2.